The summed E-state index contributed by atoms with van der Waals surface area (Å²) < 4.78 is 24.5. The molecule has 1 saturated carbocycles. The van der Waals surface area contributed by atoms with E-state index in [9.17, 15) is 23.1 Å². The van der Waals surface area contributed by atoms with E-state index in [1.54, 1.807) is 13.8 Å². The molecule has 6 nitrogen and oxygen atoms in total. The molecule has 1 aliphatic carbocycles. The SMILES string of the molecule is CC(C)S(=O)(=O)c1ccc(C(=O)N2[C@H](C(=O)O)C[C@@H]3CCCC[C@@H]32)cc1. The normalized spacial score (nSPS) is 26.0. The van der Waals surface area contributed by atoms with Crippen LogP contribution in [-0.4, -0.2) is 47.6 Å². The number of aliphatic carboxylic acids is 1. The predicted molar refractivity (Wildman–Crippen MR) is 96.7 cm³/mol. The number of carboxylic acid groups (broad SMARTS) is 1. The Kier molecular flexibility index (Phi) is 5.10. The van der Waals surface area contributed by atoms with Gasteiger partial charge in [-0.05, 0) is 63.3 Å². The van der Waals surface area contributed by atoms with Crippen LogP contribution in [0.25, 0.3) is 0 Å². The van der Waals surface area contributed by atoms with E-state index < -0.39 is 27.1 Å². The lowest BCUT2D eigenvalue weighted by Gasteiger charge is -2.33. The van der Waals surface area contributed by atoms with Crippen molar-refractivity contribution in [2.75, 3.05) is 0 Å². The van der Waals surface area contributed by atoms with E-state index in [-0.39, 0.29) is 22.8 Å². The van der Waals surface area contributed by atoms with Gasteiger partial charge in [0.05, 0.1) is 10.1 Å². The highest BCUT2D eigenvalue weighted by Crippen LogP contribution is 2.40. The van der Waals surface area contributed by atoms with Gasteiger partial charge in [-0.2, -0.15) is 0 Å². The van der Waals surface area contributed by atoms with Crippen LogP contribution in [0.2, 0.25) is 0 Å². The first-order valence-corrected chi connectivity index (χ1v) is 10.7. The van der Waals surface area contributed by atoms with Crippen LogP contribution in [0.1, 0.15) is 56.3 Å². The minimum atomic E-state index is -3.40. The number of rotatable bonds is 4. The predicted octanol–water partition coefficient (Wildman–Crippen LogP) is 2.73. The molecule has 26 heavy (non-hydrogen) atoms. The third-order valence-corrected chi connectivity index (χ3v) is 7.83. The second kappa shape index (κ2) is 7.02. The lowest BCUT2D eigenvalue weighted by molar-refractivity contribution is -0.141. The topological polar surface area (TPSA) is 91.8 Å². The van der Waals surface area contributed by atoms with Gasteiger partial charge in [0.2, 0.25) is 0 Å². The highest BCUT2D eigenvalue weighted by atomic mass is 32.2. The number of hydrogen-bond acceptors (Lipinski definition) is 4. The summed E-state index contributed by atoms with van der Waals surface area (Å²) in [6.07, 6.45) is 4.38. The molecule has 1 N–H and O–H groups in total. The summed E-state index contributed by atoms with van der Waals surface area (Å²) in [7, 11) is -3.40. The van der Waals surface area contributed by atoms with Gasteiger partial charge >= 0.3 is 5.97 Å². The van der Waals surface area contributed by atoms with Gasteiger partial charge in [0, 0.05) is 11.6 Å². The van der Waals surface area contributed by atoms with E-state index in [2.05, 4.69) is 0 Å². The number of carbonyl (C=O) groups excluding carboxylic acids is 1. The first-order valence-electron chi connectivity index (χ1n) is 9.13. The second-order valence-corrected chi connectivity index (χ2v) is 10.0. The van der Waals surface area contributed by atoms with Gasteiger partial charge in [-0.1, -0.05) is 12.8 Å². The lowest BCUT2D eigenvalue weighted by Crippen LogP contribution is -2.46. The van der Waals surface area contributed by atoms with E-state index in [1.165, 1.54) is 29.2 Å². The largest absolute Gasteiger partial charge is 0.480 e. The molecule has 0 spiro atoms. The maximum atomic E-state index is 13.0. The molecule has 1 aromatic rings. The van der Waals surface area contributed by atoms with Crippen molar-refractivity contribution < 1.29 is 23.1 Å². The third kappa shape index (κ3) is 3.24. The standard InChI is InChI=1S/C19H25NO5S/c1-12(2)26(24,25)15-9-7-13(8-10-15)18(21)20-16-6-4-3-5-14(16)11-17(20)19(22)23/h7-10,12,14,16-17H,3-6,11H2,1-2H3,(H,22,23)/t14-,16-,17-/m0/s1. The molecule has 0 unspecified atom stereocenters. The quantitative estimate of drug-likeness (QED) is 0.868. The van der Waals surface area contributed by atoms with E-state index in [4.69, 9.17) is 0 Å². The number of amides is 1. The lowest BCUT2D eigenvalue weighted by atomic mass is 9.84. The summed E-state index contributed by atoms with van der Waals surface area (Å²) in [5.41, 5.74) is 0.338. The smallest absolute Gasteiger partial charge is 0.326 e. The number of carbonyl (C=O) groups is 2. The van der Waals surface area contributed by atoms with E-state index in [0.717, 1.165) is 25.7 Å². The Morgan fingerprint density at radius 1 is 1.12 bits per heavy atom. The van der Waals surface area contributed by atoms with Crippen LogP contribution in [0.4, 0.5) is 0 Å². The van der Waals surface area contributed by atoms with Crippen molar-refractivity contribution in [3.8, 4) is 0 Å². The summed E-state index contributed by atoms with van der Waals surface area (Å²) in [6.45, 7) is 3.22. The minimum absolute atomic E-state index is 0.0311. The Bertz CT molecular complexity index is 800. The van der Waals surface area contributed by atoms with Crippen LogP contribution < -0.4 is 0 Å². The summed E-state index contributed by atoms with van der Waals surface area (Å²) in [5.74, 6) is -1.04. The number of likely N-dealkylation sites (tertiary alicyclic amines) is 1. The fourth-order valence-corrected chi connectivity index (χ4v) is 5.24. The number of nitrogens with zero attached hydrogens (tertiary/aromatic N) is 1. The van der Waals surface area contributed by atoms with Crippen molar-refractivity contribution in [1.29, 1.82) is 0 Å². The minimum Gasteiger partial charge on any atom is -0.480 e. The van der Waals surface area contributed by atoms with Gasteiger partial charge < -0.3 is 10.0 Å². The molecule has 3 rings (SSSR count). The van der Waals surface area contributed by atoms with Crippen LogP contribution in [0.3, 0.4) is 0 Å². The molecule has 142 valence electrons. The van der Waals surface area contributed by atoms with Crippen LogP contribution in [0.15, 0.2) is 29.2 Å². The Morgan fingerprint density at radius 3 is 2.31 bits per heavy atom. The molecule has 2 aliphatic rings. The average Bonchev–Trinajstić information content (AvgIpc) is 3.01. The first-order chi connectivity index (χ1) is 12.2. The molecule has 1 aromatic carbocycles. The molecule has 3 atom stereocenters. The molecule has 0 radical (unpaired) electrons. The first kappa shape index (κ1) is 18.9. The van der Waals surface area contributed by atoms with Gasteiger partial charge in [0.15, 0.2) is 9.84 Å². The van der Waals surface area contributed by atoms with Gasteiger partial charge in [-0.3, -0.25) is 4.79 Å². The van der Waals surface area contributed by atoms with Gasteiger partial charge in [-0.15, -0.1) is 0 Å². The second-order valence-electron chi connectivity index (χ2n) is 7.53. The molecule has 7 heteroatoms. The van der Waals surface area contributed by atoms with Crippen molar-refractivity contribution in [1.82, 2.24) is 4.90 Å². The summed E-state index contributed by atoms with van der Waals surface area (Å²) in [5, 5.41) is 9.03. The summed E-state index contributed by atoms with van der Waals surface area (Å²) in [4.78, 5) is 26.4. The fraction of sp³-hybridized carbons (Fsp3) is 0.579. The number of hydrogen-bond donors (Lipinski definition) is 1. The maximum Gasteiger partial charge on any atom is 0.326 e. The molecular weight excluding hydrogens is 354 g/mol. The van der Waals surface area contributed by atoms with Crippen LogP contribution in [0, 0.1) is 5.92 Å². The monoisotopic (exact) mass is 379 g/mol. The van der Waals surface area contributed by atoms with Crippen LogP contribution >= 0.6 is 0 Å². The maximum absolute atomic E-state index is 13.0. The fourth-order valence-electron chi connectivity index (χ4n) is 4.18. The van der Waals surface area contributed by atoms with Gasteiger partial charge in [-0.25, -0.2) is 13.2 Å². The van der Waals surface area contributed by atoms with Gasteiger partial charge in [0.25, 0.3) is 5.91 Å². The molecule has 0 aromatic heterocycles. The van der Waals surface area contributed by atoms with E-state index >= 15 is 0 Å². The molecular formula is C19H25NO5S. The highest BCUT2D eigenvalue weighted by Gasteiger charge is 2.47. The van der Waals surface area contributed by atoms with E-state index in [1.807, 2.05) is 0 Å². The number of fused-ring (bicyclic) bond motifs is 1. The molecule has 1 saturated heterocycles. The third-order valence-electron chi connectivity index (χ3n) is 5.66. The molecule has 1 aliphatic heterocycles. The number of benzene rings is 1. The van der Waals surface area contributed by atoms with Gasteiger partial charge in [0.1, 0.15) is 6.04 Å². The zero-order valence-corrected chi connectivity index (χ0v) is 15.9. The Labute approximate surface area is 154 Å². The van der Waals surface area contributed by atoms with Crippen molar-refractivity contribution in [2.24, 2.45) is 5.92 Å². The average molecular weight is 379 g/mol. The summed E-state index contributed by atoms with van der Waals surface area (Å²) >= 11 is 0. The van der Waals surface area contributed by atoms with Crippen LogP contribution in [0.5, 0.6) is 0 Å². The van der Waals surface area contributed by atoms with Crippen molar-refractivity contribution >= 4 is 21.7 Å². The number of sulfone groups is 1. The van der Waals surface area contributed by atoms with Crippen molar-refractivity contribution in [3.05, 3.63) is 29.8 Å². The van der Waals surface area contributed by atoms with Crippen LogP contribution in [-0.2, 0) is 14.6 Å². The zero-order valence-electron chi connectivity index (χ0n) is 15.1. The highest BCUT2D eigenvalue weighted by molar-refractivity contribution is 7.92. The van der Waals surface area contributed by atoms with E-state index in [0.29, 0.717) is 12.0 Å². The zero-order chi connectivity index (χ0) is 19.1. The molecule has 1 amide bonds. The van der Waals surface area contributed by atoms with Crippen molar-refractivity contribution in [3.63, 3.8) is 0 Å². The Hall–Kier alpha value is -1.89. The molecule has 2 fully saturated rings. The van der Waals surface area contributed by atoms with Crippen molar-refractivity contribution in [2.45, 2.75) is 68.2 Å². The Morgan fingerprint density at radius 2 is 1.73 bits per heavy atom. The Balaban J connectivity index is 1.89. The molecule has 0 bridgehead atoms. The summed E-state index contributed by atoms with van der Waals surface area (Å²) in [6, 6.07) is 5.03. The number of carboxylic acids is 1. The molecule has 1 heterocycles.